The van der Waals surface area contributed by atoms with Gasteiger partial charge in [0.15, 0.2) is 0 Å². The maximum absolute atomic E-state index is 14.0. The van der Waals surface area contributed by atoms with E-state index in [4.69, 9.17) is 28.4 Å². The van der Waals surface area contributed by atoms with Crippen molar-refractivity contribution >= 4 is 87.6 Å². The van der Waals surface area contributed by atoms with E-state index in [-0.39, 0.29) is 168 Å². The van der Waals surface area contributed by atoms with Gasteiger partial charge in [0.1, 0.15) is 47.7 Å². The van der Waals surface area contributed by atoms with Gasteiger partial charge in [0.05, 0.1) is 129 Å². The minimum Gasteiger partial charge on any atom is -0.546 e. The van der Waals surface area contributed by atoms with Gasteiger partial charge in [-0.1, -0.05) is 0 Å². The minimum absolute atomic E-state index is 0. The Morgan fingerprint density at radius 1 is 0.512 bits per heavy atom. The number of carboxylic acid groups (broad SMARTS) is 4. The van der Waals surface area contributed by atoms with E-state index in [0.717, 1.165) is 55.5 Å². The third kappa shape index (κ3) is 16.4. The predicted molar refractivity (Wildman–Crippen MR) is 281 cm³/mol. The van der Waals surface area contributed by atoms with Crippen molar-refractivity contribution in [2.45, 2.75) is 59.3 Å². The largest absolute Gasteiger partial charge is 1.00 e. The number of pyridine rings is 2. The molecule has 4 heterocycles. The smallest absolute Gasteiger partial charge is 0.546 e. The van der Waals surface area contributed by atoms with Crippen LogP contribution < -0.4 is 167 Å². The second-order valence-electron chi connectivity index (χ2n) is 17.3. The molecule has 2 unspecified atom stereocenters. The zero-order valence-electron chi connectivity index (χ0n) is 48.4. The molecule has 8 aromatic rings. The van der Waals surface area contributed by atoms with Gasteiger partial charge in [0.25, 0.3) is 20.0 Å². The fourth-order valence-electron chi connectivity index (χ4n) is 8.24. The number of aliphatic carboxylic acids is 2. The molecule has 0 aliphatic rings. The molecule has 0 amide bonds. The maximum atomic E-state index is 14.0. The predicted octanol–water partition coefficient (Wildman–Crippen LogP) is -11.8. The molecule has 86 heavy (non-hydrogen) atoms. The first kappa shape index (κ1) is 75.3. The average molecular weight is 1300 g/mol. The van der Waals surface area contributed by atoms with Crippen molar-refractivity contribution in [3.05, 3.63) is 130 Å². The maximum Gasteiger partial charge on any atom is 1.00 e. The van der Waals surface area contributed by atoms with Gasteiger partial charge in [-0.3, -0.25) is 18.4 Å². The Hall–Kier alpha value is -5.00. The van der Waals surface area contributed by atoms with Crippen molar-refractivity contribution in [1.82, 2.24) is 27.9 Å². The SMILES string of the molecule is COc1ccc2c(c1)nc(S(=O)Cc1ncc(C)c(OC)c1C)n2S(=O)(=O)c1ccc(OCC(=O)[O-])c(C(=O)[O-])c1.COc1ccc2nc(S(=O)Cc3ncc(C)c(OC)c3C)n(S(=O)(=O)c3ccc(OCC(=O)[O-])c(C(=O)[O-])c3)c2c1.[Na+].[Na+].[Na+].[Na+]. The fourth-order valence-corrected chi connectivity index (χ4v) is 14.4. The van der Waals surface area contributed by atoms with Crippen LogP contribution in [-0.2, 0) is 62.7 Å². The second kappa shape index (κ2) is 32.0. The number of rotatable bonds is 22. The summed E-state index contributed by atoms with van der Waals surface area (Å²) in [7, 11) is -7.67. The summed E-state index contributed by atoms with van der Waals surface area (Å²) < 4.78 is 116. The molecule has 0 radical (unpaired) electrons. The van der Waals surface area contributed by atoms with Crippen LogP contribution in [0.4, 0.5) is 0 Å². The zero-order valence-corrected chi connectivity index (χ0v) is 59.7. The monoisotopic (exact) mass is 1290 g/mol. The Kier molecular flexibility index (Phi) is 28.0. The number of hydrogen-bond acceptors (Lipinski definition) is 24. The van der Waals surface area contributed by atoms with Crippen LogP contribution in [-0.4, -0.2) is 119 Å². The molecule has 0 N–H and O–H groups in total. The van der Waals surface area contributed by atoms with E-state index in [1.54, 1.807) is 46.2 Å². The number of carboxylic acids is 4. The van der Waals surface area contributed by atoms with Gasteiger partial charge in [-0.2, -0.15) is 0 Å². The number of ether oxygens (including phenoxy) is 6. The van der Waals surface area contributed by atoms with Crippen LogP contribution in [0.25, 0.3) is 22.1 Å². The van der Waals surface area contributed by atoms with Crippen molar-refractivity contribution in [3.8, 4) is 34.5 Å². The summed E-state index contributed by atoms with van der Waals surface area (Å²) in [5.74, 6) is -6.40. The number of carbonyl (C=O) groups is 4. The van der Waals surface area contributed by atoms with Crippen molar-refractivity contribution < 1.29 is 212 Å². The molecule has 0 aliphatic heterocycles. The molecule has 0 saturated heterocycles. The van der Waals surface area contributed by atoms with E-state index in [1.807, 2.05) is 0 Å². The van der Waals surface area contributed by atoms with Gasteiger partial charge in [-0.25, -0.2) is 34.7 Å². The second-order valence-corrected chi connectivity index (χ2v) is 23.6. The Morgan fingerprint density at radius 3 is 1.30 bits per heavy atom. The first-order valence-electron chi connectivity index (χ1n) is 23.5. The van der Waals surface area contributed by atoms with E-state index in [1.165, 1.54) is 58.8 Å². The van der Waals surface area contributed by atoms with Crippen molar-refractivity contribution in [3.63, 3.8) is 0 Å². The van der Waals surface area contributed by atoms with E-state index in [2.05, 4.69) is 19.9 Å². The van der Waals surface area contributed by atoms with Crippen LogP contribution in [0.2, 0.25) is 0 Å². The Labute approximate surface area is 585 Å². The van der Waals surface area contributed by atoms with Crippen molar-refractivity contribution in [2.75, 3.05) is 41.7 Å². The zero-order chi connectivity index (χ0) is 60.1. The number of hydrogen-bond donors (Lipinski definition) is 0. The molecule has 8 rings (SSSR count). The fraction of sp³-hybridized carbons (Fsp3) is 0.231. The summed E-state index contributed by atoms with van der Waals surface area (Å²) in [4.78, 5) is 61.3. The molecule has 34 heteroatoms. The molecule has 0 fully saturated rings. The molecule has 4 aromatic carbocycles. The number of aromatic nitrogens is 6. The number of carbonyl (C=O) groups excluding carboxylic acids is 4. The molecule has 0 saturated carbocycles. The quantitative estimate of drug-likeness (QED) is 0.0569. The molecule has 0 spiro atoms. The van der Waals surface area contributed by atoms with Gasteiger partial charge in [0.2, 0.25) is 10.3 Å². The van der Waals surface area contributed by atoms with Crippen LogP contribution in [0.15, 0.2) is 105 Å². The summed E-state index contributed by atoms with van der Waals surface area (Å²) in [6, 6.07) is 14.3. The van der Waals surface area contributed by atoms with Crippen molar-refractivity contribution in [2.24, 2.45) is 0 Å². The number of imidazole rings is 2. The number of benzene rings is 4. The van der Waals surface area contributed by atoms with E-state index in [9.17, 15) is 64.9 Å². The summed E-state index contributed by atoms with van der Waals surface area (Å²) in [6.45, 7) is 5.13. The number of aryl methyl sites for hydroxylation is 2. The Morgan fingerprint density at radius 2 is 0.907 bits per heavy atom. The Bertz CT molecular complexity index is 4110. The normalized spacial score (nSPS) is 11.6. The van der Waals surface area contributed by atoms with Crippen LogP contribution >= 0.6 is 0 Å². The van der Waals surface area contributed by atoms with Crippen LogP contribution in [0.3, 0.4) is 0 Å². The summed E-state index contributed by atoms with van der Waals surface area (Å²) in [5, 5.41) is 44.3. The van der Waals surface area contributed by atoms with Gasteiger partial charge in [-0.15, -0.1) is 0 Å². The van der Waals surface area contributed by atoms with Crippen LogP contribution in [0.1, 0.15) is 54.4 Å². The molecule has 4 aromatic heterocycles. The Balaban J connectivity index is 0.000000430. The standard InChI is InChI=1S/2C26H25N3O10S2.4Na/c1-14-11-27-20(15(2)24(14)38-4)13-40(34)26-28-19-9-16(37-3)5-7-21(19)29(26)41(35,36)17-6-8-22(39-12-23(30)31)18(10-17)25(32)33;1-14-11-27-20(15(2)24(14)38-4)13-40(34)26-28-19-7-5-16(37-3)9-21(19)29(26)41(35,36)17-6-8-22(39-12-23(30)31)18(10-17)25(32)33;;;;/h2*5-11H,12-13H2,1-4H3,(H,30,31)(H,32,33);;;;/q;;4*+1/p-4. The van der Waals surface area contributed by atoms with E-state index >= 15 is 0 Å². The molecular formula is C52H46N6Na4O20S4. The first-order valence-corrected chi connectivity index (χ1v) is 29.0. The third-order valence-corrected chi connectivity index (χ3v) is 18.2. The molecule has 432 valence electrons. The van der Waals surface area contributed by atoms with E-state index < -0.39 is 111 Å². The molecule has 0 bridgehead atoms. The first-order chi connectivity index (χ1) is 38.8. The molecule has 26 nitrogen and oxygen atoms in total. The topological polar surface area (TPSA) is 380 Å². The molecular weight excluding hydrogens is 1250 g/mol. The number of fused-ring (bicyclic) bond motifs is 2. The average Bonchev–Trinajstić information content (AvgIpc) is 2.12. The molecule has 2 atom stereocenters. The minimum atomic E-state index is -4.66. The van der Waals surface area contributed by atoms with Gasteiger partial charge in [0, 0.05) is 57.9 Å². The van der Waals surface area contributed by atoms with Gasteiger partial charge < -0.3 is 68.0 Å². The summed E-state index contributed by atoms with van der Waals surface area (Å²) in [5.41, 5.74) is 2.53. The number of aromatic carboxylic acids is 2. The number of nitrogens with zero attached hydrogens (tertiary/aromatic N) is 6. The van der Waals surface area contributed by atoms with E-state index in [0.29, 0.717) is 39.8 Å². The molecule has 0 aliphatic carbocycles. The van der Waals surface area contributed by atoms with Crippen molar-refractivity contribution in [1.29, 1.82) is 0 Å². The summed E-state index contributed by atoms with van der Waals surface area (Å²) >= 11 is 0. The summed E-state index contributed by atoms with van der Waals surface area (Å²) in [6.07, 6.45) is 3.10. The number of methoxy groups -OCH3 is 4. The van der Waals surface area contributed by atoms with Gasteiger partial charge in [-0.05, 0) is 88.4 Å². The van der Waals surface area contributed by atoms with Crippen LogP contribution in [0, 0.1) is 27.7 Å². The third-order valence-electron chi connectivity index (χ3n) is 12.1. The van der Waals surface area contributed by atoms with Crippen LogP contribution in [0.5, 0.6) is 34.5 Å². The van der Waals surface area contributed by atoms with Gasteiger partial charge >= 0.3 is 118 Å².